The van der Waals surface area contributed by atoms with Gasteiger partial charge in [-0.1, -0.05) is 0 Å². The van der Waals surface area contributed by atoms with Gasteiger partial charge in [0, 0.05) is 22.6 Å². The SMILES string of the molecule is CCOc1ccc(C(C)=O)cc1CSCCO. The van der Waals surface area contributed by atoms with Crippen LogP contribution in [0.3, 0.4) is 0 Å². The molecule has 0 spiro atoms. The molecule has 0 amide bonds. The minimum absolute atomic E-state index is 0.0569. The molecule has 17 heavy (non-hydrogen) atoms. The van der Waals surface area contributed by atoms with Crippen molar-refractivity contribution in [1.82, 2.24) is 0 Å². The molecule has 1 aromatic carbocycles. The molecule has 1 aromatic rings. The van der Waals surface area contributed by atoms with Crippen LogP contribution in [0.1, 0.15) is 29.8 Å². The van der Waals surface area contributed by atoms with Crippen molar-refractivity contribution in [3.63, 3.8) is 0 Å². The van der Waals surface area contributed by atoms with Crippen LogP contribution in [0, 0.1) is 0 Å². The van der Waals surface area contributed by atoms with Gasteiger partial charge < -0.3 is 9.84 Å². The standard InChI is InChI=1S/C13H18O3S/c1-3-16-13-5-4-11(10(2)15)8-12(13)9-17-7-6-14/h4-5,8,14H,3,6-7,9H2,1-2H3. The maximum atomic E-state index is 11.3. The molecule has 0 atom stereocenters. The number of aliphatic hydroxyl groups excluding tert-OH is 1. The number of ketones is 1. The summed E-state index contributed by atoms with van der Waals surface area (Å²) in [7, 11) is 0. The molecule has 3 nitrogen and oxygen atoms in total. The summed E-state index contributed by atoms with van der Waals surface area (Å²) in [5.74, 6) is 2.32. The number of benzene rings is 1. The first kappa shape index (κ1) is 14.1. The Morgan fingerprint density at radius 2 is 2.24 bits per heavy atom. The zero-order chi connectivity index (χ0) is 12.7. The molecule has 0 aromatic heterocycles. The van der Waals surface area contributed by atoms with E-state index in [0.717, 1.165) is 17.1 Å². The topological polar surface area (TPSA) is 46.5 Å². The Labute approximate surface area is 106 Å². The van der Waals surface area contributed by atoms with Gasteiger partial charge in [-0.05, 0) is 32.0 Å². The molecule has 0 heterocycles. The van der Waals surface area contributed by atoms with Crippen LogP contribution in [-0.4, -0.2) is 29.9 Å². The quantitative estimate of drug-likeness (QED) is 0.600. The van der Waals surface area contributed by atoms with Crippen molar-refractivity contribution < 1.29 is 14.6 Å². The van der Waals surface area contributed by atoms with Gasteiger partial charge in [-0.3, -0.25) is 4.79 Å². The number of hydrogen-bond acceptors (Lipinski definition) is 4. The molecule has 0 aliphatic carbocycles. The van der Waals surface area contributed by atoms with Crippen LogP contribution in [0.4, 0.5) is 0 Å². The van der Waals surface area contributed by atoms with E-state index in [1.165, 1.54) is 0 Å². The van der Waals surface area contributed by atoms with Crippen LogP contribution in [-0.2, 0) is 5.75 Å². The molecule has 0 bridgehead atoms. The van der Waals surface area contributed by atoms with Gasteiger partial charge in [0.05, 0.1) is 13.2 Å². The lowest BCUT2D eigenvalue weighted by Crippen LogP contribution is -2.00. The predicted octanol–water partition coefficient (Wildman–Crippen LogP) is 2.51. The molecule has 0 aliphatic rings. The maximum Gasteiger partial charge on any atom is 0.159 e. The molecule has 0 saturated carbocycles. The van der Waals surface area contributed by atoms with E-state index in [1.54, 1.807) is 24.8 Å². The summed E-state index contributed by atoms with van der Waals surface area (Å²) in [6, 6.07) is 5.50. The summed E-state index contributed by atoms with van der Waals surface area (Å²) in [5, 5.41) is 8.75. The van der Waals surface area contributed by atoms with E-state index in [-0.39, 0.29) is 12.4 Å². The van der Waals surface area contributed by atoms with E-state index in [0.29, 0.717) is 17.9 Å². The molecule has 0 fully saturated rings. The lowest BCUT2D eigenvalue weighted by molar-refractivity contribution is 0.101. The molecule has 0 unspecified atom stereocenters. The fraction of sp³-hybridized carbons (Fsp3) is 0.462. The van der Waals surface area contributed by atoms with E-state index in [9.17, 15) is 4.79 Å². The van der Waals surface area contributed by atoms with E-state index < -0.39 is 0 Å². The lowest BCUT2D eigenvalue weighted by Gasteiger charge is -2.11. The Bertz CT molecular complexity index is 377. The zero-order valence-corrected chi connectivity index (χ0v) is 11.0. The summed E-state index contributed by atoms with van der Waals surface area (Å²) >= 11 is 1.63. The number of carbonyl (C=O) groups excluding carboxylic acids is 1. The molecular formula is C13H18O3S. The van der Waals surface area contributed by atoms with Gasteiger partial charge in [0.1, 0.15) is 5.75 Å². The first-order valence-electron chi connectivity index (χ1n) is 5.64. The normalized spacial score (nSPS) is 10.3. The summed E-state index contributed by atoms with van der Waals surface area (Å²) in [6.45, 7) is 4.27. The summed E-state index contributed by atoms with van der Waals surface area (Å²) in [6.07, 6.45) is 0. The van der Waals surface area contributed by atoms with Crippen LogP contribution in [0.2, 0.25) is 0 Å². The summed E-state index contributed by atoms with van der Waals surface area (Å²) < 4.78 is 5.52. The molecule has 0 radical (unpaired) electrons. The minimum Gasteiger partial charge on any atom is -0.494 e. The van der Waals surface area contributed by atoms with Crippen LogP contribution in [0.5, 0.6) is 5.75 Å². The molecular weight excluding hydrogens is 236 g/mol. The van der Waals surface area contributed by atoms with Crippen molar-refractivity contribution >= 4 is 17.5 Å². The number of carbonyl (C=O) groups is 1. The highest BCUT2D eigenvalue weighted by molar-refractivity contribution is 7.98. The van der Waals surface area contributed by atoms with Crippen LogP contribution >= 0.6 is 11.8 Å². The number of aliphatic hydroxyl groups is 1. The van der Waals surface area contributed by atoms with Gasteiger partial charge in [-0.2, -0.15) is 11.8 Å². The summed E-state index contributed by atoms with van der Waals surface area (Å²) in [4.78, 5) is 11.3. The minimum atomic E-state index is 0.0569. The third-order valence-electron chi connectivity index (χ3n) is 2.26. The van der Waals surface area contributed by atoms with E-state index >= 15 is 0 Å². The lowest BCUT2D eigenvalue weighted by atomic mass is 10.1. The second-order valence-electron chi connectivity index (χ2n) is 3.59. The molecule has 0 saturated heterocycles. The Hall–Kier alpha value is -1.00. The van der Waals surface area contributed by atoms with E-state index in [2.05, 4.69) is 0 Å². The second-order valence-corrected chi connectivity index (χ2v) is 4.69. The molecule has 4 heteroatoms. The molecule has 0 aliphatic heterocycles. The van der Waals surface area contributed by atoms with E-state index in [4.69, 9.17) is 9.84 Å². The monoisotopic (exact) mass is 254 g/mol. The third kappa shape index (κ3) is 4.40. The Morgan fingerprint density at radius 3 is 2.82 bits per heavy atom. The number of hydrogen-bond donors (Lipinski definition) is 1. The average Bonchev–Trinajstić information content (AvgIpc) is 2.31. The van der Waals surface area contributed by atoms with Gasteiger partial charge in [-0.15, -0.1) is 0 Å². The third-order valence-corrected chi connectivity index (χ3v) is 3.25. The fourth-order valence-corrected chi connectivity index (χ4v) is 2.17. The molecule has 1 N–H and O–H groups in total. The number of ether oxygens (including phenoxy) is 1. The van der Waals surface area contributed by atoms with Crippen LogP contribution in [0.25, 0.3) is 0 Å². The first-order chi connectivity index (χ1) is 8.19. The highest BCUT2D eigenvalue weighted by Crippen LogP contribution is 2.25. The van der Waals surface area contributed by atoms with Gasteiger partial charge in [-0.25, -0.2) is 0 Å². The van der Waals surface area contributed by atoms with Gasteiger partial charge >= 0.3 is 0 Å². The van der Waals surface area contributed by atoms with Crippen LogP contribution < -0.4 is 4.74 Å². The first-order valence-corrected chi connectivity index (χ1v) is 6.79. The largest absolute Gasteiger partial charge is 0.494 e. The molecule has 1 rings (SSSR count). The Balaban J connectivity index is 2.86. The fourth-order valence-electron chi connectivity index (χ4n) is 1.45. The van der Waals surface area contributed by atoms with Crippen molar-refractivity contribution in [2.75, 3.05) is 19.0 Å². The Morgan fingerprint density at radius 1 is 1.47 bits per heavy atom. The highest BCUT2D eigenvalue weighted by atomic mass is 32.2. The van der Waals surface area contributed by atoms with E-state index in [1.807, 2.05) is 19.1 Å². The smallest absolute Gasteiger partial charge is 0.159 e. The molecule has 94 valence electrons. The number of rotatable bonds is 7. The van der Waals surface area contributed by atoms with Crippen molar-refractivity contribution in [2.24, 2.45) is 0 Å². The highest BCUT2D eigenvalue weighted by Gasteiger charge is 2.07. The average molecular weight is 254 g/mol. The van der Waals surface area contributed by atoms with Gasteiger partial charge in [0.15, 0.2) is 5.78 Å². The van der Waals surface area contributed by atoms with Gasteiger partial charge in [0.25, 0.3) is 0 Å². The zero-order valence-electron chi connectivity index (χ0n) is 10.2. The predicted molar refractivity (Wildman–Crippen MR) is 70.9 cm³/mol. The van der Waals surface area contributed by atoms with Crippen molar-refractivity contribution in [3.05, 3.63) is 29.3 Å². The van der Waals surface area contributed by atoms with Crippen molar-refractivity contribution in [2.45, 2.75) is 19.6 Å². The van der Waals surface area contributed by atoms with Crippen molar-refractivity contribution in [3.8, 4) is 5.75 Å². The summed E-state index contributed by atoms with van der Waals surface area (Å²) in [5.41, 5.74) is 1.71. The number of Topliss-reactive ketones (excluding diaryl/α,β-unsaturated/α-hetero) is 1. The van der Waals surface area contributed by atoms with Gasteiger partial charge in [0.2, 0.25) is 0 Å². The van der Waals surface area contributed by atoms with Crippen LogP contribution in [0.15, 0.2) is 18.2 Å². The Kier molecular flexibility index (Phi) is 6.08. The number of thioether (sulfide) groups is 1. The van der Waals surface area contributed by atoms with Crippen molar-refractivity contribution in [1.29, 1.82) is 0 Å². The maximum absolute atomic E-state index is 11.3. The second kappa shape index (κ2) is 7.35.